The third kappa shape index (κ3) is 5.08. The molecule has 2 heterocycles. The number of aryl methyl sites for hydroxylation is 1. The number of benzene rings is 1. The minimum atomic E-state index is -0.758. The summed E-state index contributed by atoms with van der Waals surface area (Å²) in [5.41, 5.74) is 2.27. The summed E-state index contributed by atoms with van der Waals surface area (Å²) in [5, 5.41) is 8.80. The molecule has 2 aliphatic heterocycles. The standard InChI is InChI=1S/C21H28N2O4/c1-15-2-4-17(5-3-15)13-23-14-18(12-19(23)24)21(27)22-10-8-16(9-11-22)6-7-20(25)26/h2-5,16,18H,6-14H2,1H3,(H,25,26)/t18-/m0/s1. The maximum Gasteiger partial charge on any atom is 0.303 e. The van der Waals surface area contributed by atoms with Gasteiger partial charge in [0.25, 0.3) is 0 Å². The first-order valence-corrected chi connectivity index (χ1v) is 9.76. The molecule has 2 fully saturated rings. The number of carboxylic acids is 1. The zero-order valence-electron chi connectivity index (χ0n) is 15.9. The monoisotopic (exact) mass is 372 g/mol. The van der Waals surface area contributed by atoms with Crippen LogP contribution in [0.4, 0.5) is 0 Å². The summed E-state index contributed by atoms with van der Waals surface area (Å²) >= 11 is 0. The molecule has 3 rings (SSSR count). The Morgan fingerprint density at radius 3 is 2.44 bits per heavy atom. The molecule has 2 aliphatic rings. The number of nitrogens with zero attached hydrogens (tertiary/aromatic N) is 2. The van der Waals surface area contributed by atoms with Gasteiger partial charge in [-0.1, -0.05) is 29.8 Å². The van der Waals surface area contributed by atoms with Crippen LogP contribution < -0.4 is 0 Å². The van der Waals surface area contributed by atoms with E-state index in [4.69, 9.17) is 5.11 Å². The second kappa shape index (κ2) is 8.55. The summed E-state index contributed by atoms with van der Waals surface area (Å²) in [6, 6.07) is 8.12. The van der Waals surface area contributed by atoms with Crippen LogP contribution in [-0.4, -0.2) is 52.3 Å². The molecule has 0 saturated carbocycles. The molecule has 0 unspecified atom stereocenters. The van der Waals surface area contributed by atoms with E-state index >= 15 is 0 Å². The Kier molecular flexibility index (Phi) is 6.14. The maximum atomic E-state index is 12.8. The molecule has 2 amide bonds. The molecule has 1 N–H and O–H groups in total. The number of amides is 2. The smallest absolute Gasteiger partial charge is 0.303 e. The number of carbonyl (C=O) groups excluding carboxylic acids is 2. The van der Waals surface area contributed by atoms with E-state index in [9.17, 15) is 14.4 Å². The van der Waals surface area contributed by atoms with Crippen molar-refractivity contribution in [1.82, 2.24) is 9.80 Å². The Hall–Kier alpha value is -2.37. The zero-order valence-corrected chi connectivity index (χ0v) is 15.9. The van der Waals surface area contributed by atoms with E-state index < -0.39 is 5.97 Å². The van der Waals surface area contributed by atoms with Crippen molar-refractivity contribution in [3.63, 3.8) is 0 Å². The quantitative estimate of drug-likeness (QED) is 0.832. The second-order valence-corrected chi connectivity index (χ2v) is 7.86. The average molecular weight is 372 g/mol. The summed E-state index contributed by atoms with van der Waals surface area (Å²) in [6.45, 7) is 4.42. The van der Waals surface area contributed by atoms with Crippen molar-refractivity contribution >= 4 is 17.8 Å². The van der Waals surface area contributed by atoms with Crippen molar-refractivity contribution in [2.75, 3.05) is 19.6 Å². The van der Waals surface area contributed by atoms with E-state index in [1.165, 1.54) is 5.56 Å². The molecule has 146 valence electrons. The molecule has 0 aromatic heterocycles. The number of aliphatic carboxylic acids is 1. The minimum Gasteiger partial charge on any atom is -0.481 e. The average Bonchev–Trinajstić information content (AvgIpc) is 3.02. The van der Waals surface area contributed by atoms with Crippen LogP contribution in [0, 0.1) is 18.8 Å². The fraction of sp³-hybridized carbons (Fsp3) is 0.571. The van der Waals surface area contributed by atoms with Crippen LogP contribution in [0.3, 0.4) is 0 Å². The van der Waals surface area contributed by atoms with E-state index in [0.717, 1.165) is 18.4 Å². The van der Waals surface area contributed by atoms with Crippen molar-refractivity contribution < 1.29 is 19.5 Å². The van der Waals surface area contributed by atoms with Gasteiger partial charge in [-0.25, -0.2) is 0 Å². The topological polar surface area (TPSA) is 77.9 Å². The Balaban J connectivity index is 1.49. The van der Waals surface area contributed by atoms with E-state index in [1.807, 2.05) is 36.1 Å². The van der Waals surface area contributed by atoms with Gasteiger partial charge in [0, 0.05) is 39.0 Å². The molecule has 1 atom stereocenters. The van der Waals surface area contributed by atoms with Crippen LogP contribution in [0.1, 0.15) is 43.2 Å². The SMILES string of the molecule is Cc1ccc(CN2C[C@@H](C(=O)N3CCC(CCC(=O)O)CC3)CC2=O)cc1. The number of piperidine rings is 1. The number of hydrogen-bond acceptors (Lipinski definition) is 3. The molecule has 1 aromatic rings. The maximum absolute atomic E-state index is 12.8. The van der Waals surface area contributed by atoms with Crippen LogP contribution in [0.5, 0.6) is 0 Å². The number of hydrogen-bond donors (Lipinski definition) is 1. The molecule has 0 spiro atoms. The molecule has 6 nitrogen and oxygen atoms in total. The molecule has 1 aromatic carbocycles. The third-order valence-corrected chi connectivity index (χ3v) is 5.75. The van der Waals surface area contributed by atoms with Crippen molar-refractivity contribution in [2.24, 2.45) is 11.8 Å². The lowest BCUT2D eigenvalue weighted by Gasteiger charge is -2.33. The Labute approximate surface area is 160 Å². The van der Waals surface area contributed by atoms with E-state index in [-0.39, 0.29) is 24.2 Å². The molecule has 0 bridgehead atoms. The molecular formula is C21H28N2O4. The van der Waals surface area contributed by atoms with Gasteiger partial charge in [0.1, 0.15) is 0 Å². The fourth-order valence-corrected chi connectivity index (χ4v) is 4.03. The lowest BCUT2D eigenvalue weighted by atomic mass is 9.91. The molecule has 27 heavy (non-hydrogen) atoms. The molecule has 0 radical (unpaired) electrons. The summed E-state index contributed by atoms with van der Waals surface area (Å²) in [6.07, 6.45) is 2.89. The first-order valence-electron chi connectivity index (χ1n) is 9.76. The third-order valence-electron chi connectivity index (χ3n) is 5.75. The fourth-order valence-electron chi connectivity index (χ4n) is 4.03. The van der Waals surface area contributed by atoms with Crippen LogP contribution in [0.15, 0.2) is 24.3 Å². The molecule has 2 saturated heterocycles. The minimum absolute atomic E-state index is 0.0465. The number of rotatable bonds is 6. The Morgan fingerprint density at radius 1 is 1.15 bits per heavy atom. The largest absolute Gasteiger partial charge is 0.481 e. The molecule has 0 aliphatic carbocycles. The van der Waals surface area contributed by atoms with Crippen LogP contribution in [0.25, 0.3) is 0 Å². The normalized spacial score (nSPS) is 20.9. The Morgan fingerprint density at radius 2 is 1.81 bits per heavy atom. The highest BCUT2D eigenvalue weighted by atomic mass is 16.4. The van der Waals surface area contributed by atoms with Crippen molar-refractivity contribution in [3.05, 3.63) is 35.4 Å². The molecule has 6 heteroatoms. The highest BCUT2D eigenvalue weighted by Crippen LogP contribution is 2.26. The highest BCUT2D eigenvalue weighted by Gasteiger charge is 2.37. The van der Waals surface area contributed by atoms with E-state index in [2.05, 4.69) is 0 Å². The van der Waals surface area contributed by atoms with Crippen LogP contribution >= 0.6 is 0 Å². The summed E-state index contributed by atoms with van der Waals surface area (Å²) < 4.78 is 0. The van der Waals surface area contributed by atoms with Crippen molar-refractivity contribution in [2.45, 2.75) is 45.6 Å². The number of carboxylic acid groups (broad SMARTS) is 1. The molecular weight excluding hydrogens is 344 g/mol. The van der Waals surface area contributed by atoms with Gasteiger partial charge in [-0.15, -0.1) is 0 Å². The van der Waals surface area contributed by atoms with Crippen molar-refractivity contribution in [1.29, 1.82) is 0 Å². The zero-order chi connectivity index (χ0) is 19.4. The van der Waals surface area contributed by atoms with Gasteiger partial charge >= 0.3 is 5.97 Å². The predicted octanol–water partition coefficient (Wildman–Crippen LogP) is 2.45. The number of carbonyl (C=O) groups is 3. The van der Waals surface area contributed by atoms with Crippen molar-refractivity contribution in [3.8, 4) is 0 Å². The second-order valence-electron chi connectivity index (χ2n) is 7.86. The Bertz CT molecular complexity index is 693. The lowest BCUT2D eigenvalue weighted by Crippen LogP contribution is -2.42. The van der Waals surface area contributed by atoms with Gasteiger partial charge in [0.2, 0.25) is 11.8 Å². The van der Waals surface area contributed by atoms with Gasteiger partial charge in [-0.05, 0) is 37.7 Å². The summed E-state index contributed by atoms with van der Waals surface area (Å²) in [7, 11) is 0. The highest BCUT2D eigenvalue weighted by molar-refractivity contribution is 5.89. The van der Waals surface area contributed by atoms with Gasteiger partial charge in [0.05, 0.1) is 5.92 Å². The number of likely N-dealkylation sites (tertiary alicyclic amines) is 2. The van der Waals surface area contributed by atoms with E-state index in [1.54, 1.807) is 4.90 Å². The lowest BCUT2D eigenvalue weighted by molar-refractivity contribution is -0.139. The first-order chi connectivity index (χ1) is 12.9. The first kappa shape index (κ1) is 19.4. The summed E-state index contributed by atoms with van der Waals surface area (Å²) in [5.74, 6) is -0.504. The predicted molar refractivity (Wildman–Crippen MR) is 101 cm³/mol. The van der Waals surface area contributed by atoms with Gasteiger partial charge < -0.3 is 14.9 Å². The van der Waals surface area contributed by atoms with Gasteiger partial charge in [-0.3, -0.25) is 14.4 Å². The van der Waals surface area contributed by atoms with Crippen LogP contribution in [0.2, 0.25) is 0 Å². The van der Waals surface area contributed by atoms with Gasteiger partial charge in [0.15, 0.2) is 0 Å². The summed E-state index contributed by atoms with van der Waals surface area (Å²) in [4.78, 5) is 39.5. The van der Waals surface area contributed by atoms with E-state index in [0.29, 0.717) is 44.9 Å². The van der Waals surface area contributed by atoms with Gasteiger partial charge in [-0.2, -0.15) is 0 Å². The van der Waals surface area contributed by atoms with Crippen LogP contribution in [-0.2, 0) is 20.9 Å².